The predicted molar refractivity (Wildman–Crippen MR) is 60.3 cm³/mol. The first kappa shape index (κ1) is 9.85. The largest absolute Gasteiger partial charge is 0.387 e. The lowest BCUT2D eigenvalue weighted by molar-refractivity contribution is 0.531. The molecule has 2 heterocycles. The van der Waals surface area contributed by atoms with E-state index in [-0.39, 0.29) is 0 Å². The van der Waals surface area contributed by atoms with Gasteiger partial charge in [0.1, 0.15) is 4.99 Å². The van der Waals surface area contributed by atoms with Crippen LogP contribution in [0.15, 0.2) is 30.9 Å². The molecule has 2 rings (SSSR count). The molecule has 0 atom stereocenters. The normalized spacial score (nSPS) is 10.4. The van der Waals surface area contributed by atoms with Crippen molar-refractivity contribution in [3.63, 3.8) is 0 Å². The van der Waals surface area contributed by atoms with E-state index < -0.39 is 0 Å². The Hall–Kier alpha value is -1.69. The van der Waals surface area contributed by atoms with Crippen LogP contribution in [-0.2, 0) is 13.1 Å². The molecule has 0 aliphatic rings. The van der Waals surface area contributed by atoms with E-state index in [2.05, 4.69) is 10.1 Å². The average Bonchev–Trinajstić information content (AvgIpc) is 2.86. The van der Waals surface area contributed by atoms with Crippen LogP contribution in [0.5, 0.6) is 0 Å². The summed E-state index contributed by atoms with van der Waals surface area (Å²) in [7, 11) is 0. The predicted octanol–water partition coefficient (Wildman–Crippen LogP) is 0.414. The standard InChI is InChI=1S/C9H11N5S/c10-8(15)9-11-3-5-13(9)6-7-14-4-1-2-12-14/h1-5H,6-7H2,(H2,10,15). The highest BCUT2D eigenvalue weighted by atomic mass is 32.1. The van der Waals surface area contributed by atoms with Gasteiger partial charge in [0.05, 0.1) is 6.54 Å². The summed E-state index contributed by atoms with van der Waals surface area (Å²) in [5.41, 5.74) is 5.53. The van der Waals surface area contributed by atoms with Crippen LogP contribution in [0, 0.1) is 0 Å². The molecule has 0 aliphatic heterocycles. The van der Waals surface area contributed by atoms with Crippen LogP contribution in [0.1, 0.15) is 5.82 Å². The van der Waals surface area contributed by atoms with Gasteiger partial charge in [0.25, 0.3) is 0 Å². The van der Waals surface area contributed by atoms with Crippen molar-refractivity contribution in [3.8, 4) is 0 Å². The highest BCUT2D eigenvalue weighted by Gasteiger charge is 2.04. The molecule has 5 nitrogen and oxygen atoms in total. The third kappa shape index (κ3) is 2.21. The zero-order chi connectivity index (χ0) is 10.7. The first-order valence-corrected chi connectivity index (χ1v) is 4.96. The molecule has 0 unspecified atom stereocenters. The smallest absolute Gasteiger partial charge is 0.167 e. The fraction of sp³-hybridized carbons (Fsp3) is 0.222. The van der Waals surface area contributed by atoms with Crippen LogP contribution in [0.4, 0.5) is 0 Å². The van der Waals surface area contributed by atoms with Crippen molar-refractivity contribution < 1.29 is 0 Å². The number of imidazole rings is 1. The summed E-state index contributed by atoms with van der Waals surface area (Å²) in [6.07, 6.45) is 7.22. The minimum atomic E-state index is 0.320. The van der Waals surface area contributed by atoms with Crippen molar-refractivity contribution in [2.24, 2.45) is 5.73 Å². The molecule has 0 bridgehead atoms. The Labute approximate surface area is 92.5 Å². The van der Waals surface area contributed by atoms with E-state index in [0.717, 1.165) is 13.1 Å². The molecule has 2 aromatic rings. The topological polar surface area (TPSA) is 61.7 Å². The Morgan fingerprint density at radius 1 is 1.33 bits per heavy atom. The third-order valence-corrected chi connectivity index (χ3v) is 2.25. The molecule has 78 valence electrons. The second kappa shape index (κ2) is 4.22. The fourth-order valence-corrected chi connectivity index (χ4v) is 1.53. The molecule has 2 N–H and O–H groups in total. The number of aromatic nitrogens is 4. The second-order valence-corrected chi connectivity index (χ2v) is 3.52. The maximum atomic E-state index is 5.53. The third-order valence-electron chi connectivity index (χ3n) is 2.07. The van der Waals surface area contributed by atoms with E-state index in [1.54, 1.807) is 12.4 Å². The minimum Gasteiger partial charge on any atom is -0.387 e. The number of nitrogens with two attached hydrogens (primary N) is 1. The van der Waals surface area contributed by atoms with Gasteiger partial charge in [0, 0.05) is 31.3 Å². The molecule has 15 heavy (non-hydrogen) atoms. The van der Waals surface area contributed by atoms with E-state index in [1.807, 2.05) is 27.7 Å². The first-order valence-electron chi connectivity index (χ1n) is 4.56. The molecule has 0 radical (unpaired) electrons. The lowest BCUT2D eigenvalue weighted by atomic mass is 10.5. The lowest BCUT2D eigenvalue weighted by Crippen LogP contribution is -2.18. The highest BCUT2D eigenvalue weighted by molar-refractivity contribution is 7.80. The van der Waals surface area contributed by atoms with Gasteiger partial charge in [-0.2, -0.15) is 5.10 Å². The molecular formula is C9H11N5S. The number of thiocarbonyl (C=S) groups is 1. The van der Waals surface area contributed by atoms with Crippen molar-refractivity contribution in [1.29, 1.82) is 0 Å². The van der Waals surface area contributed by atoms with Crippen molar-refractivity contribution in [2.45, 2.75) is 13.1 Å². The molecule has 0 saturated heterocycles. The molecule has 0 spiro atoms. The molecule has 0 aromatic carbocycles. The van der Waals surface area contributed by atoms with Gasteiger partial charge in [-0.1, -0.05) is 12.2 Å². The zero-order valence-electron chi connectivity index (χ0n) is 8.08. The Bertz CT molecular complexity index is 445. The van der Waals surface area contributed by atoms with Crippen LogP contribution in [0.2, 0.25) is 0 Å². The summed E-state index contributed by atoms with van der Waals surface area (Å²) in [6, 6.07) is 1.89. The van der Waals surface area contributed by atoms with Gasteiger partial charge >= 0.3 is 0 Å². The van der Waals surface area contributed by atoms with Gasteiger partial charge in [-0.05, 0) is 6.07 Å². The number of rotatable bonds is 4. The maximum Gasteiger partial charge on any atom is 0.167 e. The van der Waals surface area contributed by atoms with E-state index in [9.17, 15) is 0 Å². The summed E-state index contributed by atoms with van der Waals surface area (Å²) in [5.74, 6) is 0.650. The van der Waals surface area contributed by atoms with Gasteiger partial charge in [0.15, 0.2) is 5.82 Å². The molecule has 0 amide bonds. The van der Waals surface area contributed by atoms with E-state index in [0.29, 0.717) is 10.8 Å². The summed E-state index contributed by atoms with van der Waals surface area (Å²) >= 11 is 4.89. The van der Waals surface area contributed by atoms with Crippen molar-refractivity contribution >= 4 is 17.2 Å². The average molecular weight is 221 g/mol. The summed E-state index contributed by atoms with van der Waals surface area (Å²) in [6.45, 7) is 1.54. The Morgan fingerprint density at radius 2 is 2.20 bits per heavy atom. The first-order chi connectivity index (χ1) is 7.27. The van der Waals surface area contributed by atoms with Crippen LogP contribution < -0.4 is 5.73 Å². The Kier molecular flexibility index (Phi) is 2.77. The second-order valence-electron chi connectivity index (χ2n) is 3.08. The number of aryl methyl sites for hydroxylation is 2. The molecule has 0 fully saturated rings. The maximum absolute atomic E-state index is 5.53. The lowest BCUT2D eigenvalue weighted by Gasteiger charge is -2.06. The van der Waals surface area contributed by atoms with E-state index >= 15 is 0 Å². The van der Waals surface area contributed by atoms with E-state index in [4.69, 9.17) is 18.0 Å². The Morgan fingerprint density at radius 3 is 2.87 bits per heavy atom. The van der Waals surface area contributed by atoms with Crippen LogP contribution in [0.25, 0.3) is 0 Å². The van der Waals surface area contributed by atoms with Crippen molar-refractivity contribution in [2.75, 3.05) is 0 Å². The Balaban J connectivity index is 2.05. The van der Waals surface area contributed by atoms with Gasteiger partial charge in [-0.15, -0.1) is 0 Å². The molecule has 2 aromatic heterocycles. The summed E-state index contributed by atoms with van der Waals surface area (Å²) in [4.78, 5) is 4.40. The minimum absolute atomic E-state index is 0.320. The fourth-order valence-electron chi connectivity index (χ4n) is 1.36. The van der Waals surface area contributed by atoms with Gasteiger partial charge in [0.2, 0.25) is 0 Å². The molecular weight excluding hydrogens is 210 g/mol. The molecule has 0 saturated carbocycles. The van der Waals surface area contributed by atoms with Crippen molar-refractivity contribution in [1.82, 2.24) is 19.3 Å². The highest BCUT2D eigenvalue weighted by Crippen LogP contribution is 1.98. The zero-order valence-corrected chi connectivity index (χ0v) is 8.89. The van der Waals surface area contributed by atoms with Crippen LogP contribution in [-0.4, -0.2) is 24.3 Å². The van der Waals surface area contributed by atoms with E-state index in [1.165, 1.54) is 0 Å². The summed E-state index contributed by atoms with van der Waals surface area (Å²) in [5, 5.41) is 4.11. The van der Waals surface area contributed by atoms with Crippen LogP contribution in [0.3, 0.4) is 0 Å². The summed E-state index contributed by atoms with van der Waals surface area (Å²) < 4.78 is 3.77. The molecule has 0 aliphatic carbocycles. The van der Waals surface area contributed by atoms with Gasteiger partial charge in [-0.3, -0.25) is 4.68 Å². The number of hydrogen-bond donors (Lipinski definition) is 1. The monoisotopic (exact) mass is 221 g/mol. The van der Waals surface area contributed by atoms with Gasteiger partial charge < -0.3 is 10.3 Å². The SMILES string of the molecule is NC(=S)c1nccn1CCn1cccn1. The quantitative estimate of drug-likeness (QED) is 0.760. The number of hydrogen-bond acceptors (Lipinski definition) is 3. The number of nitrogens with zero attached hydrogens (tertiary/aromatic N) is 4. The molecule has 6 heteroatoms. The van der Waals surface area contributed by atoms with Gasteiger partial charge in [-0.25, -0.2) is 4.98 Å². The van der Waals surface area contributed by atoms with Crippen LogP contribution >= 0.6 is 12.2 Å². The van der Waals surface area contributed by atoms with Crippen molar-refractivity contribution in [3.05, 3.63) is 36.7 Å².